The van der Waals surface area contributed by atoms with Crippen molar-refractivity contribution in [2.24, 2.45) is 0 Å². The Morgan fingerprint density at radius 2 is 1.44 bits per heavy atom. The minimum absolute atomic E-state index is 0.762. The van der Waals surface area contributed by atoms with Crippen molar-refractivity contribution in [2.75, 3.05) is 0 Å². The minimum Gasteiger partial charge on any atom is -0.361 e. The van der Waals surface area contributed by atoms with Gasteiger partial charge in [0.15, 0.2) is 0 Å². The average Bonchev–Trinajstić information content (AvgIpc) is 2.90. The van der Waals surface area contributed by atoms with Gasteiger partial charge in [-0.25, -0.2) is 0 Å². The molecule has 0 atom stereocenters. The van der Waals surface area contributed by atoms with E-state index in [-0.39, 0.29) is 0 Å². The molecule has 1 aromatic heterocycles. The quantitative estimate of drug-likeness (QED) is 0.661. The van der Waals surface area contributed by atoms with Crippen LogP contribution in [-0.2, 0) is 0 Å². The molecular formula is C16H12ClN. The first-order valence-corrected chi connectivity index (χ1v) is 6.20. The summed E-state index contributed by atoms with van der Waals surface area (Å²) in [5.74, 6) is 0. The number of benzene rings is 2. The van der Waals surface area contributed by atoms with Gasteiger partial charge in [0.2, 0.25) is 0 Å². The van der Waals surface area contributed by atoms with Crippen molar-refractivity contribution in [3.63, 3.8) is 0 Å². The van der Waals surface area contributed by atoms with Gasteiger partial charge in [0.1, 0.15) is 0 Å². The summed E-state index contributed by atoms with van der Waals surface area (Å²) in [7, 11) is 0. The van der Waals surface area contributed by atoms with Gasteiger partial charge in [0.25, 0.3) is 0 Å². The molecule has 1 heterocycles. The van der Waals surface area contributed by atoms with Crippen molar-refractivity contribution in [1.29, 1.82) is 0 Å². The Kier molecular flexibility index (Phi) is 2.91. The van der Waals surface area contributed by atoms with Crippen molar-refractivity contribution in [2.45, 2.75) is 0 Å². The number of H-pyrrole nitrogens is 1. The van der Waals surface area contributed by atoms with Crippen molar-refractivity contribution < 1.29 is 0 Å². The zero-order valence-electron chi connectivity index (χ0n) is 9.73. The van der Waals surface area contributed by atoms with E-state index in [2.05, 4.69) is 23.2 Å². The van der Waals surface area contributed by atoms with E-state index in [0.29, 0.717) is 0 Å². The molecule has 18 heavy (non-hydrogen) atoms. The van der Waals surface area contributed by atoms with Crippen LogP contribution in [0.4, 0.5) is 0 Å². The molecule has 2 heteroatoms. The zero-order chi connectivity index (χ0) is 12.4. The average molecular weight is 254 g/mol. The molecule has 1 N–H and O–H groups in total. The van der Waals surface area contributed by atoms with Crippen molar-refractivity contribution in [3.8, 4) is 22.4 Å². The molecule has 0 saturated heterocycles. The number of hydrogen-bond acceptors (Lipinski definition) is 0. The highest BCUT2D eigenvalue weighted by Gasteiger charge is 2.03. The lowest BCUT2D eigenvalue weighted by molar-refractivity contribution is 1.40. The highest BCUT2D eigenvalue weighted by molar-refractivity contribution is 6.30. The van der Waals surface area contributed by atoms with Crippen LogP contribution in [-0.4, -0.2) is 4.98 Å². The van der Waals surface area contributed by atoms with Crippen LogP contribution < -0.4 is 0 Å². The van der Waals surface area contributed by atoms with Crippen LogP contribution in [0.1, 0.15) is 0 Å². The maximum absolute atomic E-state index is 5.89. The summed E-state index contributed by atoms with van der Waals surface area (Å²) in [6.07, 6.45) is 2.02. The van der Waals surface area contributed by atoms with Gasteiger partial charge in [0, 0.05) is 16.9 Å². The maximum atomic E-state index is 5.89. The van der Waals surface area contributed by atoms with Gasteiger partial charge >= 0.3 is 0 Å². The molecule has 0 aliphatic heterocycles. The van der Waals surface area contributed by atoms with Crippen LogP contribution in [0, 0.1) is 0 Å². The Labute approximate surface area is 111 Å². The topological polar surface area (TPSA) is 15.8 Å². The molecule has 0 unspecified atom stereocenters. The molecule has 0 bridgehead atoms. The molecule has 2 aromatic carbocycles. The smallest absolute Gasteiger partial charge is 0.0460 e. The SMILES string of the molecule is Clc1ccc(-c2c[nH]c(-c3ccccc3)c2)cc1. The summed E-state index contributed by atoms with van der Waals surface area (Å²) in [6.45, 7) is 0. The van der Waals surface area contributed by atoms with E-state index in [0.717, 1.165) is 16.3 Å². The standard InChI is InChI=1S/C16H12ClN/c17-15-8-6-12(7-9-15)14-10-16(18-11-14)13-4-2-1-3-5-13/h1-11,18H. The van der Waals surface area contributed by atoms with Crippen LogP contribution in [0.3, 0.4) is 0 Å². The number of halogens is 1. The third kappa shape index (κ3) is 2.18. The van der Waals surface area contributed by atoms with Gasteiger partial charge in [0.05, 0.1) is 0 Å². The summed E-state index contributed by atoms with van der Waals surface area (Å²) in [4.78, 5) is 3.30. The molecule has 0 radical (unpaired) electrons. The first kappa shape index (κ1) is 11.1. The van der Waals surface area contributed by atoms with Gasteiger partial charge < -0.3 is 4.98 Å². The zero-order valence-corrected chi connectivity index (χ0v) is 10.5. The normalized spacial score (nSPS) is 10.5. The Bertz CT molecular complexity index is 638. The lowest BCUT2D eigenvalue weighted by atomic mass is 10.1. The van der Waals surface area contributed by atoms with Crippen LogP contribution in [0.25, 0.3) is 22.4 Å². The highest BCUT2D eigenvalue weighted by atomic mass is 35.5. The Balaban J connectivity index is 1.97. The third-order valence-electron chi connectivity index (χ3n) is 2.95. The molecule has 3 aromatic rings. The lowest BCUT2D eigenvalue weighted by Crippen LogP contribution is -1.74. The van der Waals surface area contributed by atoms with Crippen molar-refractivity contribution in [1.82, 2.24) is 4.98 Å². The molecule has 0 fully saturated rings. The van der Waals surface area contributed by atoms with Crippen LogP contribution in [0.15, 0.2) is 66.9 Å². The molecular weight excluding hydrogens is 242 g/mol. The fourth-order valence-electron chi connectivity index (χ4n) is 1.99. The molecule has 0 spiro atoms. The van der Waals surface area contributed by atoms with Gasteiger partial charge in [-0.2, -0.15) is 0 Å². The highest BCUT2D eigenvalue weighted by Crippen LogP contribution is 2.26. The van der Waals surface area contributed by atoms with E-state index in [1.54, 1.807) is 0 Å². The summed E-state index contributed by atoms with van der Waals surface area (Å²) < 4.78 is 0. The van der Waals surface area contributed by atoms with Gasteiger partial charge in [-0.3, -0.25) is 0 Å². The fourth-order valence-corrected chi connectivity index (χ4v) is 2.11. The minimum atomic E-state index is 0.762. The lowest BCUT2D eigenvalue weighted by Gasteiger charge is -1.97. The van der Waals surface area contributed by atoms with E-state index in [4.69, 9.17) is 11.6 Å². The fraction of sp³-hybridized carbons (Fsp3) is 0. The summed E-state index contributed by atoms with van der Waals surface area (Å²) in [5, 5.41) is 0.762. The summed E-state index contributed by atoms with van der Waals surface area (Å²) in [6, 6.07) is 20.3. The number of aromatic amines is 1. The van der Waals surface area contributed by atoms with Gasteiger partial charge in [-0.15, -0.1) is 0 Å². The van der Waals surface area contributed by atoms with E-state index < -0.39 is 0 Å². The molecule has 0 saturated carbocycles. The third-order valence-corrected chi connectivity index (χ3v) is 3.20. The van der Waals surface area contributed by atoms with Gasteiger partial charge in [-0.1, -0.05) is 54.1 Å². The monoisotopic (exact) mass is 253 g/mol. The number of rotatable bonds is 2. The van der Waals surface area contributed by atoms with Crippen LogP contribution >= 0.6 is 11.6 Å². The number of nitrogens with one attached hydrogen (secondary N) is 1. The Morgan fingerprint density at radius 1 is 0.722 bits per heavy atom. The Hall–Kier alpha value is -1.99. The molecule has 1 nitrogen and oxygen atoms in total. The molecule has 0 aliphatic carbocycles. The largest absolute Gasteiger partial charge is 0.361 e. The van der Waals surface area contributed by atoms with Crippen molar-refractivity contribution >= 4 is 11.6 Å². The predicted molar refractivity (Wildman–Crippen MR) is 76.7 cm³/mol. The number of hydrogen-bond donors (Lipinski definition) is 1. The first-order valence-electron chi connectivity index (χ1n) is 5.83. The molecule has 3 rings (SSSR count). The van der Waals surface area contributed by atoms with E-state index >= 15 is 0 Å². The second kappa shape index (κ2) is 4.71. The maximum Gasteiger partial charge on any atom is 0.0460 e. The number of aromatic nitrogens is 1. The van der Waals surface area contributed by atoms with Crippen LogP contribution in [0.2, 0.25) is 5.02 Å². The van der Waals surface area contributed by atoms with E-state index in [1.807, 2.05) is 48.7 Å². The van der Waals surface area contributed by atoms with Gasteiger partial charge in [-0.05, 0) is 34.9 Å². The second-order valence-electron chi connectivity index (χ2n) is 4.17. The first-order chi connectivity index (χ1) is 8.83. The van der Waals surface area contributed by atoms with E-state index in [9.17, 15) is 0 Å². The molecule has 88 valence electrons. The van der Waals surface area contributed by atoms with Crippen LogP contribution in [0.5, 0.6) is 0 Å². The second-order valence-corrected chi connectivity index (χ2v) is 4.61. The molecule has 0 amide bonds. The Morgan fingerprint density at radius 3 is 2.17 bits per heavy atom. The summed E-state index contributed by atoms with van der Waals surface area (Å²) >= 11 is 5.89. The van der Waals surface area contributed by atoms with Crippen molar-refractivity contribution in [3.05, 3.63) is 71.9 Å². The summed E-state index contributed by atoms with van der Waals surface area (Å²) in [5.41, 5.74) is 4.65. The van der Waals surface area contributed by atoms with E-state index in [1.165, 1.54) is 11.1 Å². The predicted octanol–water partition coefficient (Wildman–Crippen LogP) is 5.00. The molecule has 0 aliphatic rings.